The molecule has 0 spiro atoms. The van der Waals surface area contributed by atoms with E-state index in [1.807, 2.05) is 24.0 Å². The maximum Gasteiger partial charge on any atom is 1.00 e. The normalized spacial score (nSPS) is 10.9. The molecule has 12 heteroatoms. The van der Waals surface area contributed by atoms with Crippen LogP contribution in [0.4, 0.5) is 5.69 Å². The number of aryl methyl sites for hydroxylation is 1. The molecule has 0 heterocycles. The van der Waals surface area contributed by atoms with Crippen molar-refractivity contribution in [2.75, 3.05) is 23.7 Å². The van der Waals surface area contributed by atoms with E-state index in [0.717, 1.165) is 5.69 Å². The Bertz CT molecular complexity index is 1030. The van der Waals surface area contributed by atoms with Crippen LogP contribution in [0.5, 0.6) is 0 Å². The molecule has 0 amide bonds. The molecule has 0 radical (unpaired) electrons. The summed E-state index contributed by atoms with van der Waals surface area (Å²) in [5, 5.41) is 0. The molecule has 2 aromatic carbocycles. The molecule has 0 bridgehead atoms. The summed E-state index contributed by atoms with van der Waals surface area (Å²) >= 11 is 0. The van der Waals surface area contributed by atoms with E-state index in [4.69, 9.17) is 0 Å². The van der Waals surface area contributed by atoms with Gasteiger partial charge in [-0.05, 0) is 43.5 Å². The number of para-hydroxylation sites is 1. The molecule has 2 rings (SSSR count). The number of nitrogens with zero attached hydrogens (tertiary/aromatic N) is 1. The Hall–Kier alpha value is 1.06. The van der Waals surface area contributed by atoms with Gasteiger partial charge in [0.25, 0.3) is 0 Å². The average molecular weight is 480 g/mol. The van der Waals surface area contributed by atoms with Gasteiger partial charge in [0.15, 0.2) is 0 Å². The van der Waals surface area contributed by atoms with Crippen LogP contribution >= 0.6 is 0 Å². The van der Waals surface area contributed by atoms with Crippen molar-refractivity contribution in [1.82, 2.24) is 0 Å². The van der Waals surface area contributed by atoms with E-state index in [1.165, 1.54) is 6.07 Å². The van der Waals surface area contributed by atoms with Crippen molar-refractivity contribution in [3.8, 4) is 11.1 Å². The van der Waals surface area contributed by atoms with Crippen LogP contribution in [0.25, 0.3) is 11.1 Å². The number of hydrogen-bond donors (Lipinski definition) is 0. The van der Waals surface area contributed by atoms with Crippen LogP contribution < -0.4 is 93.6 Å². The summed E-state index contributed by atoms with van der Waals surface area (Å²) < 4.78 is 67.0. The molecule has 0 fully saturated rings. The summed E-state index contributed by atoms with van der Waals surface area (Å²) in [4.78, 5) is 1.64. The first-order valence-corrected chi connectivity index (χ1v) is 11.4. The van der Waals surface area contributed by atoms with Crippen molar-refractivity contribution in [3.63, 3.8) is 0 Å². The van der Waals surface area contributed by atoms with Crippen LogP contribution in [-0.2, 0) is 20.2 Å². The van der Waals surface area contributed by atoms with Crippen molar-refractivity contribution in [2.24, 2.45) is 0 Å². The first kappa shape index (κ1) is 33.2. The average Bonchev–Trinajstić information content (AvgIpc) is 2.57. The SMILES string of the molecule is CCN(CCCS(=O)(=O)[O-])c1ccccc1-c1ccc(C)c(S(=O)(=O)[O-])c1.[Na+].[Na+].[Na+]. The molecular formula is C18H21NNa3O6S2+. The van der Waals surface area contributed by atoms with Gasteiger partial charge in [0, 0.05) is 30.1 Å². The third-order valence-electron chi connectivity index (χ3n) is 4.22. The summed E-state index contributed by atoms with van der Waals surface area (Å²) in [6.07, 6.45) is 0.183. The van der Waals surface area contributed by atoms with Crippen molar-refractivity contribution in [2.45, 2.75) is 25.2 Å². The number of hydrogen-bond acceptors (Lipinski definition) is 7. The first-order chi connectivity index (χ1) is 12.5. The van der Waals surface area contributed by atoms with Gasteiger partial charge in [-0.3, -0.25) is 0 Å². The monoisotopic (exact) mass is 480 g/mol. The minimum Gasteiger partial charge on any atom is -0.748 e. The summed E-state index contributed by atoms with van der Waals surface area (Å²) in [5.74, 6) is -0.450. The van der Waals surface area contributed by atoms with E-state index in [-0.39, 0.29) is 100.0 Å². The minimum absolute atomic E-state index is 0. The molecular weight excluding hydrogens is 459 g/mol. The van der Waals surface area contributed by atoms with Gasteiger partial charge in [0.1, 0.15) is 10.1 Å². The Morgan fingerprint density at radius 1 is 0.933 bits per heavy atom. The Kier molecular flexibility index (Phi) is 15.9. The van der Waals surface area contributed by atoms with Gasteiger partial charge in [-0.15, -0.1) is 0 Å². The van der Waals surface area contributed by atoms with E-state index < -0.39 is 26.0 Å². The van der Waals surface area contributed by atoms with Gasteiger partial charge in [-0.25, -0.2) is 16.8 Å². The molecule has 0 atom stereocenters. The zero-order valence-electron chi connectivity index (χ0n) is 18.1. The minimum atomic E-state index is -4.60. The maximum absolute atomic E-state index is 11.5. The van der Waals surface area contributed by atoms with Crippen LogP contribution in [0.1, 0.15) is 18.9 Å². The molecule has 7 nitrogen and oxygen atoms in total. The van der Waals surface area contributed by atoms with Gasteiger partial charge in [-0.2, -0.15) is 0 Å². The quantitative estimate of drug-likeness (QED) is 0.272. The molecule has 30 heavy (non-hydrogen) atoms. The molecule has 0 unspecified atom stereocenters. The third kappa shape index (κ3) is 9.91. The van der Waals surface area contributed by atoms with Gasteiger partial charge < -0.3 is 14.0 Å². The Labute approximate surface area is 245 Å². The molecule has 0 saturated carbocycles. The fourth-order valence-corrected chi connectivity index (χ4v) is 4.13. The van der Waals surface area contributed by atoms with Gasteiger partial charge in [-0.1, -0.05) is 30.3 Å². The molecule has 2 aromatic rings. The summed E-state index contributed by atoms with van der Waals surface area (Å²) in [7, 11) is -8.88. The standard InChI is InChI=1S/C18H23NO6S2.3Na/c1-3-19(11-6-12-26(20,21)22)17-8-5-4-7-16(17)15-10-9-14(2)18(13-15)27(23,24)25;;;/h4-5,7-10,13H,3,6,11-12H2,1-2H3,(H,20,21,22)(H,23,24,25);;;/q;3*+1/p-2. The predicted octanol–water partition coefficient (Wildman–Crippen LogP) is -6.66. The molecule has 0 aliphatic carbocycles. The molecule has 0 N–H and O–H groups in total. The van der Waals surface area contributed by atoms with E-state index in [9.17, 15) is 25.9 Å². The van der Waals surface area contributed by atoms with E-state index >= 15 is 0 Å². The molecule has 0 saturated heterocycles. The van der Waals surface area contributed by atoms with E-state index in [2.05, 4.69) is 0 Å². The second kappa shape index (κ2) is 14.3. The van der Waals surface area contributed by atoms with Crippen molar-refractivity contribution >= 4 is 25.9 Å². The van der Waals surface area contributed by atoms with Crippen LogP contribution in [0.15, 0.2) is 47.4 Å². The van der Waals surface area contributed by atoms with Crippen molar-refractivity contribution < 1.29 is 115 Å². The maximum atomic E-state index is 11.5. The van der Waals surface area contributed by atoms with Crippen LogP contribution in [0.2, 0.25) is 0 Å². The fraction of sp³-hybridized carbons (Fsp3) is 0.333. The zero-order valence-corrected chi connectivity index (χ0v) is 25.7. The molecule has 0 aliphatic rings. The Morgan fingerprint density at radius 3 is 2.07 bits per heavy atom. The van der Waals surface area contributed by atoms with Gasteiger partial charge in [0.2, 0.25) is 0 Å². The zero-order chi connectivity index (χ0) is 20.2. The topological polar surface area (TPSA) is 118 Å². The number of anilines is 1. The van der Waals surface area contributed by atoms with Gasteiger partial charge >= 0.3 is 88.7 Å². The van der Waals surface area contributed by atoms with Crippen molar-refractivity contribution in [3.05, 3.63) is 48.0 Å². The molecule has 148 valence electrons. The van der Waals surface area contributed by atoms with Crippen molar-refractivity contribution in [1.29, 1.82) is 0 Å². The van der Waals surface area contributed by atoms with Gasteiger partial charge in [0.05, 0.1) is 15.0 Å². The largest absolute Gasteiger partial charge is 1.00 e. The van der Waals surface area contributed by atoms with Crippen LogP contribution in [-0.4, -0.2) is 44.8 Å². The number of benzene rings is 2. The van der Waals surface area contributed by atoms with E-state index in [1.54, 1.807) is 31.2 Å². The molecule has 0 aliphatic heterocycles. The third-order valence-corrected chi connectivity index (χ3v) is 5.98. The summed E-state index contributed by atoms with van der Waals surface area (Å²) in [6, 6.07) is 11.9. The second-order valence-corrected chi connectivity index (χ2v) is 9.02. The van der Waals surface area contributed by atoms with E-state index in [0.29, 0.717) is 29.8 Å². The first-order valence-electron chi connectivity index (χ1n) is 8.37. The summed E-state index contributed by atoms with van der Waals surface area (Å²) in [6.45, 7) is 4.37. The van der Waals surface area contributed by atoms with Crippen LogP contribution in [0, 0.1) is 6.92 Å². The Balaban J connectivity index is 0. The second-order valence-electron chi connectivity index (χ2n) is 6.15. The summed E-state index contributed by atoms with van der Waals surface area (Å²) in [5.41, 5.74) is 2.43. The predicted molar refractivity (Wildman–Crippen MR) is 102 cm³/mol. The number of rotatable bonds is 8. The fourth-order valence-electron chi connectivity index (χ4n) is 2.91. The smallest absolute Gasteiger partial charge is 0.748 e. The Morgan fingerprint density at radius 2 is 1.53 bits per heavy atom. The van der Waals surface area contributed by atoms with Crippen LogP contribution in [0.3, 0.4) is 0 Å². The molecule has 0 aromatic heterocycles.